The molecule has 1 aromatic heterocycles. The quantitative estimate of drug-likeness (QED) is 0.658. The van der Waals surface area contributed by atoms with Crippen LogP contribution in [-0.2, 0) is 13.0 Å². The Hall–Kier alpha value is -1.68. The third kappa shape index (κ3) is 4.17. The van der Waals surface area contributed by atoms with Crippen LogP contribution in [0.4, 0.5) is 0 Å². The van der Waals surface area contributed by atoms with Gasteiger partial charge in [-0.1, -0.05) is 54.1 Å². The van der Waals surface area contributed by atoms with Gasteiger partial charge in [0.25, 0.3) is 0 Å². The van der Waals surface area contributed by atoms with Crippen LogP contribution in [0.5, 0.6) is 0 Å². The molecule has 0 unspecified atom stereocenters. The van der Waals surface area contributed by atoms with E-state index in [1.807, 2.05) is 30.5 Å². The highest BCUT2D eigenvalue weighted by atomic mass is 35.5. The number of hydrogen-bond donors (Lipinski definition) is 1. The molecule has 0 spiro atoms. The van der Waals surface area contributed by atoms with Crippen molar-refractivity contribution in [1.29, 1.82) is 0 Å². The van der Waals surface area contributed by atoms with E-state index in [0.717, 1.165) is 29.5 Å². The molecule has 2 aromatic carbocycles. The summed E-state index contributed by atoms with van der Waals surface area (Å²) in [5, 5.41) is 5.35. The van der Waals surface area contributed by atoms with E-state index in [0.29, 0.717) is 0 Å². The highest BCUT2D eigenvalue weighted by Gasteiger charge is 2.03. The molecule has 3 rings (SSSR count). The summed E-state index contributed by atoms with van der Waals surface area (Å²) in [6, 6.07) is 18.4. The fraction of sp³-hybridized carbons (Fsp3) is 0.167. The normalized spacial score (nSPS) is 10.8. The van der Waals surface area contributed by atoms with Crippen molar-refractivity contribution < 1.29 is 0 Å². The van der Waals surface area contributed by atoms with Gasteiger partial charge in [0.1, 0.15) is 5.01 Å². The summed E-state index contributed by atoms with van der Waals surface area (Å²) in [5.41, 5.74) is 2.48. The minimum atomic E-state index is 0.796. The van der Waals surface area contributed by atoms with Crippen LogP contribution in [0.15, 0.2) is 60.8 Å². The van der Waals surface area contributed by atoms with Crippen molar-refractivity contribution in [2.45, 2.75) is 13.0 Å². The van der Waals surface area contributed by atoms with Gasteiger partial charge in [-0.15, -0.1) is 11.3 Å². The van der Waals surface area contributed by atoms with Gasteiger partial charge in [-0.05, 0) is 36.2 Å². The molecule has 22 heavy (non-hydrogen) atoms. The van der Waals surface area contributed by atoms with Crippen LogP contribution < -0.4 is 5.32 Å². The molecule has 0 aliphatic carbocycles. The minimum absolute atomic E-state index is 0.796. The topological polar surface area (TPSA) is 24.9 Å². The number of aromatic nitrogens is 1. The molecule has 2 nitrogen and oxygen atoms in total. The van der Waals surface area contributed by atoms with Gasteiger partial charge in [0.15, 0.2) is 0 Å². The molecule has 0 aliphatic heterocycles. The third-order valence-electron chi connectivity index (χ3n) is 3.37. The summed E-state index contributed by atoms with van der Waals surface area (Å²) in [4.78, 5) is 5.70. The fourth-order valence-electron chi connectivity index (χ4n) is 2.25. The van der Waals surface area contributed by atoms with E-state index in [4.69, 9.17) is 11.6 Å². The summed E-state index contributed by atoms with van der Waals surface area (Å²) in [6.07, 6.45) is 2.92. The first-order chi connectivity index (χ1) is 10.8. The Labute approximate surface area is 139 Å². The van der Waals surface area contributed by atoms with Crippen molar-refractivity contribution in [1.82, 2.24) is 10.3 Å². The molecule has 1 N–H and O–H groups in total. The van der Waals surface area contributed by atoms with Gasteiger partial charge in [0, 0.05) is 17.8 Å². The van der Waals surface area contributed by atoms with Crippen LogP contribution in [0.1, 0.15) is 10.6 Å². The Bertz CT molecular complexity index is 725. The van der Waals surface area contributed by atoms with Crippen molar-refractivity contribution in [3.63, 3.8) is 0 Å². The molecule has 0 aliphatic rings. The van der Waals surface area contributed by atoms with Crippen LogP contribution in [0, 0.1) is 0 Å². The second-order valence-electron chi connectivity index (χ2n) is 5.04. The Morgan fingerprint density at radius 1 is 1.05 bits per heavy atom. The van der Waals surface area contributed by atoms with E-state index >= 15 is 0 Å². The van der Waals surface area contributed by atoms with Crippen molar-refractivity contribution in [2.75, 3.05) is 6.54 Å². The second kappa shape index (κ2) is 7.54. The molecule has 0 fully saturated rings. The first-order valence-electron chi connectivity index (χ1n) is 7.26. The molecule has 3 aromatic rings. The van der Waals surface area contributed by atoms with Crippen LogP contribution >= 0.6 is 22.9 Å². The Balaban J connectivity index is 1.49. The molecule has 0 bridgehead atoms. The van der Waals surface area contributed by atoms with E-state index in [1.54, 1.807) is 11.3 Å². The zero-order valence-corrected chi connectivity index (χ0v) is 13.7. The summed E-state index contributed by atoms with van der Waals surface area (Å²) in [6.45, 7) is 1.72. The van der Waals surface area contributed by atoms with Crippen molar-refractivity contribution in [3.05, 3.63) is 76.4 Å². The SMILES string of the molecule is Clc1cccc(CCNCc2ncc(-c3ccccc3)s2)c1. The predicted octanol–water partition coefficient (Wildman–Crippen LogP) is 4.80. The summed E-state index contributed by atoms with van der Waals surface area (Å²) < 4.78 is 0. The lowest BCUT2D eigenvalue weighted by Crippen LogP contribution is -2.16. The molecule has 0 amide bonds. The Kier molecular flexibility index (Phi) is 5.22. The molecular weight excluding hydrogens is 312 g/mol. The Morgan fingerprint density at radius 2 is 1.91 bits per heavy atom. The monoisotopic (exact) mass is 328 g/mol. The average Bonchev–Trinajstić information content (AvgIpc) is 3.01. The number of nitrogens with zero attached hydrogens (tertiary/aromatic N) is 1. The Morgan fingerprint density at radius 3 is 2.73 bits per heavy atom. The van der Waals surface area contributed by atoms with Gasteiger partial charge < -0.3 is 5.32 Å². The van der Waals surface area contributed by atoms with Crippen molar-refractivity contribution >= 4 is 22.9 Å². The van der Waals surface area contributed by atoms with Crippen LogP contribution in [0.2, 0.25) is 5.02 Å². The smallest absolute Gasteiger partial charge is 0.107 e. The lowest BCUT2D eigenvalue weighted by atomic mass is 10.1. The van der Waals surface area contributed by atoms with Gasteiger partial charge >= 0.3 is 0 Å². The molecule has 0 saturated carbocycles. The standard InChI is InChI=1S/C18H17ClN2S/c19-16-8-4-5-14(11-16)9-10-20-13-18-21-12-17(22-18)15-6-2-1-3-7-15/h1-8,11-12,20H,9-10,13H2. The lowest BCUT2D eigenvalue weighted by Gasteiger charge is -2.03. The average molecular weight is 329 g/mol. The maximum atomic E-state index is 5.99. The number of hydrogen-bond acceptors (Lipinski definition) is 3. The predicted molar refractivity (Wildman–Crippen MR) is 94.4 cm³/mol. The molecule has 0 saturated heterocycles. The van der Waals surface area contributed by atoms with Gasteiger partial charge in [-0.2, -0.15) is 0 Å². The first kappa shape index (κ1) is 15.2. The molecule has 4 heteroatoms. The van der Waals surface area contributed by atoms with E-state index in [-0.39, 0.29) is 0 Å². The zero-order chi connectivity index (χ0) is 15.2. The summed E-state index contributed by atoms with van der Waals surface area (Å²) in [5.74, 6) is 0. The highest BCUT2D eigenvalue weighted by molar-refractivity contribution is 7.15. The molecule has 112 valence electrons. The van der Waals surface area contributed by atoms with E-state index in [1.165, 1.54) is 16.0 Å². The van der Waals surface area contributed by atoms with Gasteiger partial charge in [-0.3, -0.25) is 0 Å². The fourth-order valence-corrected chi connectivity index (χ4v) is 3.35. The largest absolute Gasteiger partial charge is 0.310 e. The highest BCUT2D eigenvalue weighted by Crippen LogP contribution is 2.25. The third-order valence-corrected chi connectivity index (χ3v) is 4.65. The van der Waals surface area contributed by atoms with Gasteiger partial charge in [-0.25, -0.2) is 4.98 Å². The maximum Gasteiger partial charge on any atom is 0.107 e. The second-order valence-corrected chi connectivity index (χ2v) is 6.59. The number of rotatable bonds is 6. The number of thiazole rings is 1. The molecule has 0 atom stereocenters. The minimum Gasteiger partial charge on any atom is -0.310 e. The van der Waals surface area contributed by atoms with E-state index in [2.05, 4.69) is 40.6 Å². The van der Waals surface area contributed by atoms with Gasteiger partial charge in [0.05, 0.1) is 4.88 Å². The molecule has 0 radical (unpaired) electrons. The van der Waals surface area contributed by atoms with Crippen LogP contribution in [0.25, 0.3) is 10.4 Å². The number of halogens is 1. The lowest BCUT2D eigenvalue weighted by molar-refractivity contribution is 0.684. The van der Waals surface area contributed by atoms with Crippen LogP contribution in [0.3, 0.4) is 0 Å². The van der Waals surface area contributed by atoms with Crippen molar-refractivity contribution in [2.24, 2.45) is 0 Å². The summed E-state index contributed by atoms with van der Waals surface area (Å²) in [7, 11) is 0. The zero-order valence-electron chi connectivity index (χ0n) is 12.1. The number of benzene rings is 2. The molecular formula is C18H17ClN2S. The molecule has 1 heterocycles. The maximum absolute atomic E-state index is 5.99. The van der Waals surface area contributed by atoms with Gasteiger partial charge in [0.2, 0.25) is 0 Å². The van der Waals surface area contributed by atoms with E-state index < -0.39 is 0 Å². The summed E-state index contributed by atoms with van der Waals surface area (Å²) >= 11 is 7.73. The first-order valence-corrected chi connectivity index (χ1v) is 8.46. The van der Waals surface area contributed by atoms with E-state index in [9.17, 15) is 0 Å². The van der Waals surface area contributed by atoms with Crippen LogP contribution in [-0.4, -0.2) is 11.5 Å². The number of nitrogens with one attached hydrogen (secondary N) is 1. The van der Waals surface area contributed by atoms with Crippen molar-refractivity contribution in [3.8, 4) is 10.4 Å².